The topological polar surface area (TPSA) is 146 Å². The van der Waals surface area contributed by atoms with Gasteiger partial charge in [0.05, 0.1) is 38.7 Å². The van der Waals surface area contributed by atoms with Crippen molar-refractivity contribution in [1.82, 2.24) is 16.1 Å². The van der Waals surface area contributed by atoms with E-state index >= 15 is 0 Å². The van der Waals surface area contributed by atoms with Crippen LogP contribution in [0.1, 0.15) is 42.1 Å². The molecule has 0 unspecified atom stereocenters. The fourth-order valence-electron chi connectivity index (χ4n) is 4.49. The molecule has 12 heteroatoms. The van der Waals surface area contributed by atoms with Gasteiger partial charge in [0, 0.05) is 5.70 Å². The van der Waals surface area contributed by atoms with Gasteiger partial charge in [0.1, 0.15) is 6.61 Å². The molecular formula is C33H36N4O8. The quantitative estimate of drug-likeness (QED) is 0.146. The zero-order valence-electron chi connectivity index (χ0n) is 25.8. The highest BCUT2D eigenvalue weighted by molar-refractivity contribution is 5.95. The maximum absolute atomic E-state index is 12.6. The second-order valence-electron chi connectivity index (χ2n) is 9.97. The summed E-state index contributed by atoms with van der Waals surface area (Å²) in [7, 11) is 2.99. The van der Waals surface area contributed by atoms with E-state index in [1.54, 1.807) is 57.4 Å². The number of carbonyl (C=O) groups excluding carboxylic acids is 3. The molecular weight excluding hydrogens is 580 g/mol. The van der Waals surface area contributed by atoms with Gasteiger partial charge < -0.3 is 34.3 Å². The maximum Gasteiger partial charge on any atom is 0.338 e. The van der Waals surface area contributed by atoms with E-state index in [-0.39, 0.29) is 24.5 Å². The van der Waals surface area contributed by atoms with Crippen molar-refractivity contribution in [2.75, 3.05) is 27.4 Å². The van der Waals surface area contributed by atoms with Gasteiger partial charge in [-0.1, -0.05) is 35.9 Å². The molecule has 0 radical (unpaired) electrons. The van der Waals surface area contributed by atoms with Crippen LogP contribution >= 0.6 is 0 Å². The van der Waals surface area contributed by atoms with Gasteiger partial charge in [-0.2, -0.15) is 5.10 Å². The molecule has 0 spiro atoms. The van der Waals surface area contributed by atoms with Gasteiger partial charge >= 0.3 is 12.0 Å². The predicted molar refractivity (Wildman–Crippen MR) is 166 cm³/mol. The first kappa shape index (κ1) is 32.4. The third kappa shape index (κ3) is 8.53. The summed E-state index contributed by atoms with van der Waals surface area (Å²) in [6.45, 7) is 5.59. The number of urea groups is 1. The van der Waals surface area contributed by atoms with Crippen molar-refractivity contribution in [2.24, 2.45) is 5.10 Å². The summed E-state index contributed by atoms with van der Waals surface area (Å²) >= 11 is 0. The Morgan fingerprint density at radius 2 is 1.60 bits per heavy atom. The minimum Gasteiger partial charge on any atom is -0.493 e. The molecule has 236 valence electrons. The van der Waals surface area contributed by atoms with E-state index in [4.69, 9.17) is 23.7 Å². The molecule has 3 aromatic carbocycles. The van der Waals surface area contributed by atoms with Crippen molar-refractivity contribution in [3.8, 4) is 23.0 Å². The summed E-state index contributed by atoms with van der Waals surface area (Å²) in [5, 5.41) is 9.33. The van der Waals surface area contributed by atoms with Crippen LogP contribution in [0.2, 0.25) is 0 Å². The molecule has 1 heterocycles. The van der Waals surface area contributed by atoms with Crippen LogP contribution in [-0.2, 0) is 20.9 Å². The molecule has 1 aliphatic heterocycles. The first-order valence-electron chi connectivity index (χ1n) is 14.2. The number of carbonyl (C=O) groups is 3. The van der Waals surface area contributed by atoms with E-state index in [0.717, 1.165) is 5.56 Å². The third-order valence-corrected chi connectivity index (χ3v) is 6.75. The van der Waals surface area contributed by atoms with Gasteiger partial charge in [-0.3, -0.25) is 4.79 Å². The molecule has 0 aromatic heterocycles. The Bertz CT molecular complexity index is 1600. The summed E-state index contributed by atoms with van der Waals surface area (Å²) in [6.07, 6.45) is 1.48. The maximum atomic E-state index is 12.6. The van der Waals surface area contributed by atoms with E-state index < -0.39 is 23.9 Å². The van der Waals surface area contributed by atoms with E-state index in [1.807, 2.05) is 31.2 Å². The van der Waals surface area contributed by atoms with Gasteiger partial charge in [-0.25, -0.2) is 15.0 Å². The van der Waals surface area contributed by atoms with E-state index in [2.05, 4.69) is 21.2 Å². The summed E-state index contributed by atoms with van der Waals surface area (Å²) < 4.78 is 27.7. The molecule has 3 aromatic rings. The molecule has 0 saturated carbocycles. The number of benzene rings is 3. The Morgan fingerprint density at radius 3 is 2.31 bits per heavy atom. The number of esters is 1. The van der Waals surface area contributed by atoms with E-state index in [0.29, 0.717) is 40.7 Å². The molecule has 1 aliphatic rings. The Balaban J connectivity index is 1.35. The predicted octanol–water partition coefficient (Wildman–Crippen LogP) is 4.31. The zero-order chi connectivity index (χ0) is 32.3. The SMILES string of the molecule is CCOC(=O)C1=C(C)NC(=O)N[C@H]1c1ccc(OCC(=O)N/N=C\c2ccc(OCc3ccc(C)cc3)c(OC)c2)c(OC)c1. The summed E-state index contributed by atoms with van der Waals surface area (Å²) in [5.74, 6) is 0.638. The average molecular weight is 617 g/mol. The molecule has 1 atom stereocenters. The van der Waals surface area contributed by atoms with Crippen molar-refractivity contribution < 1.29 is 38.1 Å². The van der Waals surface area contributed by atoms with Gasteiger partial charge in [0.2, 0.25) is 0 Å². The number of hydrogen-bond acceptors (Lipinski definition) is 9. The normalized spacial score (nSPS) is 14.3. The number of nitrogens with one attached hydrogen (secondary N) is 3. The minimum atomic E-state index is -0.772. The largest absolute Gasteiger partial charge is 0.493 e. The fraction of sp³-hybridized carbons (Fsp3) is 0.273. The smallest absolute Gasteiger partial charge is 0.338 e. The highest BCUT2D eigenvalue weighted by Crippen LogP contribution is 2.34. The van der Waals surface area contributed by atoms with Crippen LogP contribution in [0.25, 0.3) is 0 Å². The van der Waals surface area contributed by atoms with E-state index in [1.165, 1.54) is 18.9 Å². The van der Waals surface area contributed by atoms with E-state index in [9.17, 15) is 14.4 Å². The number of ether oxygens (including phenoxy) is 5. The summed E-state index contributed by atoms with van der Waals surface area (Å²) in [6, 6.07) is 17.0. The molecule has 4 rings (SSSR count). The molecule has 45 heavy (non-hydrogen) atoms. The fourth-order valence-corrected chi connectivity index (χ4v) is 4.49. The van der Waals surface area contributed by atoms with Crippen molar-refractivity contribution in [1.29, 1.82) is 0 Å². The lowest BCUT2D eigenvalue weighted by atomic mass is 9.95. The Morgan fingerprint density at radius 1 is 0.911 bits per heavy atom. The van der Waals surface area contributed by atoms with Crippen molar-refractivity contribution in [3.63, 3.8) is 0 Å². The van der Waals surface area contributed by atoms with Crippen molar-refractivity contribution in [2.45, 2.75) is 33.4 Å². The molecule has 3 amide bonds. The molecule has 3 N–H and O–H groups in total. The van der Waals surface area contributed by atoms with Crippen LogP contribution in [0, 0.1) is 6.92 Å². The van der Waals surface area contributed by atoms with Crippen LogP contribution in [0.4, 0.5) is 4.79 Å². The minimum absolute atomic E-state index is 0.183. The average Bonchev–Trinajstić information content (AvgIpc) is 3.03. The highest BCUT2D eigenvalue weighted by atomic mass is 16.5. The Hall–Kier alpha value is -5.52. The van der Waals surface area contributed by atoms with Crippen LogP contribution in [0.5, 0.6) is 23.0 Å². The number of nitrogens with zero attached hydrogens (tertiary/aromatic N) is 1. The molecule has 0 fully saturated rings. The number of hydrazone groups is 1. The van der Waals surface area contributed by atoms with Gasteiger partial charge in [-0.15, -0.1) is 0 Å². The number of methoxy groups -OCH3 is 2. The number of allylic oxidation sites excluding steroid dienone is 1. The van der Waals surface area contributed by atoms with Crippen LogP contribution in [-0.4, -0.2) is 51.6 Å². The number of amides is 3. The summed E-state index contributed by atoms with van der Waals surface area (Å²) in [5.41, 5.74) is 6.55. The van der Waals surface area contributed by atoms with Gasteiger partial charge in [-0.05, 0) is 67.8 Å². The highest BCUT2D eigenvalue weighted by Gasteiger charge is 2.32. The van der Waals surface area contributed by atoms with Gasteiger partial charge in [0.15, 0.2) is 29.6 Å². The lowest BCUT2D eigenvalue weighted by Gasteiger charge is -2.28. The van der Waals surface area contributed by atoms with Gasteiger partial charge in [0.25, 0.3) is 5.91 Å². The molecule has 0 saturated heterocycles. The first-order chi connectivity index (χ1) is 21.7. The standard InChI is InChI=1S/C33H36N4O8/c1-6-43-32(39)30-21(3)35-33(40)36-31(30)24-12-14-26(28(16-24)42-5)45-19-29(38)37-34-17-23-11-13-25(27(15-23)41-4)44-18-22-9-7-20(2)8-10-22/h7-17,31H,6,18-19H2,1-5H3,(H,37,38)(H2,35,36,40)/b34-17-/t31-/m0/s1. The van der Waals surface area contributed by atoms with Crippen LogP contribution in [0.15, 0.2) is 77.0 Å². The Labute approximate surface area is 261 Å². The number of hydrogen-bond donors (Lipinski definition) is 3. The third-order valence-electron chi connectivity index (χ3n) is 6.75. The van der Waals surface area contributed by atoms with Crippen LogP contribution in [0.3, 0.4) is 0 Å². The lowest BCUT2D eigenvalue weighted by molar-refractivity contribution is -0.139. The first-order valence-corrected chi connectivity index (χ1v) is 14.2. The molecule has 12 nitrogen and oxygen atoms in total. The second-order valence-corrected chi connectivity index (χ2v) is 9.97. The lowest BCUT2D eigenvalue weighted by Crippen LogP contribution is -2.45. The zero-order valence-corrected chi connectivity index (χ0v) is 25.8. The summed E-state index contributed by atoms with van der Waals surface area (Å²) in [4.78, 5) is 37.2. The van der Waals surface area contributed by atoms with Crippen molar-refractivity contribution in [3.05, 3.63) is 94.2 Å². The van der Waals surface area contributed by atoms with Crippen LogP contribution < -0.4 is 35.0 Å². The molecule has 0 aliphatic carbocycles. The molecule has 0 bridgehead atoms. The number of aryl methyl sites for hydroxylation is 1. The van der Waals surface area contributed by atoms with Crippen molar-refractivity contribution >= 4 is 24.1 Å². The number of rotatable bonds is 13. The monoisotopic (exact) mass is 616 g/mol. The Kier molecular flexibility index (Phi) is 11.0. The second kappa shape index (κ2) is 15.3.